The molecule has 0 bridgehead atoms. The topological polar surface area (TPSA) is 71.1 Å². The molecular formula is C34H32O6. The van der Waals surface area contributed by atoms with Crippen LogP contribution in [-0.4, -0.2) is 24.6 Å². The van der Waals surface area contributed by atoms with Gasteiger partial charge in [-0.3, -0.25) is 0 Å². The van der Waals surface area contributed by atoms with E-state index in [9.17, 15) is 9.59 Å². The molecule has 0 heterocycles. The Bertz CT molecular complexity index is 1570. The van der Waals surface area contributed by atoms with E-state index in [4.69, 9.17) is 18.9 Å². The standard InChI is InChI=1S/C34H32O6/c1-33(2,3)40-24-13-9-22(10-14-24)32(36)39-26-16-18-28-27-17-15-25(19-29(27)34(4,5)30(28)20-26)38-31(35)21-7-11-23(37-6)12-8-21/h7-20H,1-6H3. The van der Waals surface area contributed by atoms with Crippen molar-refractivity contribution in [1.82, 2.24) is 0 Å². The van der Waals surface area contributed by atoms with E-state index in [0.29, 0.717) is 34.1 Å². The van der Waals surface area contributed by atoms with Crippen molar-refractivity contribution < 1.29 is 28.5 Å². The summed E-state index contributed by atoms with van der Waals surface area (Å²) < 4.78 is 22.4. The van der Waals surface area contributed by atoms with Crippen LogP contribution in [0.2, 0.25) is 0 Å². The van der Waals surface area contributed by atoms with Crippen molar-refractivity contribution in [2.24, 2.45) is 0 Å². The molecule has 0 amide bonds. The van der Waals surface area contributed by atoms with Crippen LogP contribution in [0.1, 0.15) is 66.5 Å². The summed E-state index contributed by atoms with van der Waals surface area (Å²) >= 11 is 0. The largest absolute Gasteiger partial charge is 0.497 e. The predicted molar refractivity (Wildman–Crippen MR) is 154 cm³/mol. The average molecular weight is 537 g/mol. The Morgan fingerprint density at radius 2 is 1.00 bits per heavy atom. The van der Waals surface area contributed by atoms with Gasteiger partial charge in [0.1, 0.15) is 28.6 Å². The maximum Gasteiger partial charge on any atom is 0.343 e. The van der Waals surface area contributed by atoms with Gasteiger partial charge in [0.05, 0.1) is 18.2 Å². The van der Waals surface area contributed by atoms with Gasteiger partial charge in [0.2, 0.25) is 0 Å². The van der Waals surface area contributed by atoms with E-state index in [1.165, 1.54) is 0 Å². The molecule has 1 aliphatic carbocycles. The Hall–Kier alpha value is -4.58. The zero-order chi connectivity index (χ0) is 28.7. The molecule has 4 aromatic carbocycles. The third-order valence-corrected chi connectivity index (χ3v) is 6.88. The number of ether oxygens (including phenoxy) is 4. The van der Waals surface area contributed by atoms with Gasteiger partial charge in [-0.1, -0.05) is 26.0 Å². The van der Waals surface area contributed by atoms with Crippen molar-refractivity contribution >= 4 is 11.9 Å². The van der Waals surface area contributed by atoms with Crippen molar-refractivity contribution in [2.75, 3.05) is 7.11 Å². The summed E-state index contributed by atoms with van der Waals surface area (Å²) in [7, 11) is 1.58. The third-order valence-electron chi connectivity index (χ3n) is 6.88. The van der Waals surface area contributed by atoms with Crippen molar-refractivity contribution in [3.05, 3.63) is 107 Å². The van der Waals surface area contributed by atoms with Gasteiger partial charge in [-0.25, -0.2) is 9.59 Å². The zero-order valence-corrected chi connectivity index (χ0v) is 23.5. The fourth-order valence-electron chi connectivity index (χ4n) is 4.89. The second kappa shape index (κ2) is 10.2. The van der Waals surface area contributed by atoms with Crippen molar-refractivity contribution in [3.63, 3.8) is 0 Å². The number of benzene rings is 4. The fraction of sp³-hybridized carbons (Fsp3) is 0.235. The minimum Gasteiger partial charge on any atom is -0.497 e. The second-order valence-corrected chi connectivity index (χ2v) is 11.3. The second-order valence-electron chi connectivity index (χ2n) is 11.3. The van der Waals surface area contributed by atoms with E-state index >= 15 is 0 Å². The number of carbonyl (C=O) groups excluding carboxylic acids is 2. The highest BCUT2D eigenvalue weighted by molar-refractivity contribution is 5.92. The molecule has 0 aromatic heterocycles. The average Bonchev–Trinajstić information content (AvgIpc) is 3.14. The van der Waals surface area contributed by atoms with Crippen LogP contribution in [0, 0.1) is 0 Å². The minimum atomic E-state index is -0.442. The fourth-order valence-corrected chi connectivity index (χ4v) is 4.89. The molecule has 4 aromatic rings. The van der Waals surface area contributed by atoms with E-state index in [1.54, 1.807) is 67.8 Å². The van der Waals surface area contributed by atoms with Gasteiger partial charge in [0, 0.05) is 5.41 Å². The lowest BCUT2D eigenvalue weighted by molar-refractivity contribution is 0.0725. The Kier molecular flexibility index (Phi) is 6.88. The van der Waals surface area contributed by atoms with Crippen LogP contribution in [-0.2, 0) is 5.41 Å². The monoisotopic (exact) mass is 536 g/mol. The molecule has 204 valence electrons. The van der Waals surface area contributed by atoms with Gasteiger partial charge in [-0.15, -0.1) is 0 Å². The van der Waals surface area contributed by atoms with Gasteiger partial charge in [-0.05, 0) is 116 Å². The molecule has 6 heteroatoms. The van der Waals surface area contributed by atoms with Gasteiger partial charge < -0.3 is 18.9 Å². The molecule has 6 nitrogen and oxygen atoms in total. The first-order chi connectivity index (χ1) is 18.9. The first kappa shape index (κ1) is 27.0. The van der Waals surface area contributed by atoms with E-state index < -0.39 is 17.4 Å². The van der Waals surface area contributed by atoms with Gasteiger partial charge in [0.25, 0.3) is 0 Å². The summed E-state index contributed by atoms with van der Waals surface area (Å²) in [6.45, 7) is 10.1. The van der Waals surface area contributed by atoms with Gasteiger partial charge in [-0.2, -0.15) is 0 Å². The van der Waals surface area contributed by atoms with Crippen molar-refractivity contribution in [2.45, 2.75) is 45.6 Å². The van der Waals surface area contributed by atoms with Gasteiger partial charge in [0.15, 0.2) is 0 Å². The van der Waals surface area contributed by atoms with E-state index in [1.807, 2.05) is 45.0 Å². The van der Waals surface area contributed by atoms with Crippen LogP contribution in [0.15, 0.2) is 84.9 Å². The van der Waals surface area contributed by atoms with Crippen LogP contribution in [0.3, 0.4) is 0 Å². The van der Waals surface area contributed by atoms with E-state index in [-0.39, 0.29) is 5.60 Å². The quantitative estimate of drug-likeness (QED) is 0.186. The third kappa shape index (κ3) is 5.43. The highest BCUT2D eigenvalue weighted by atomic mass is 16.5. The Labute approximate surface area is 234 Å². The lowest BCUT2D eigenvalue weighted by atomic mass is 9.82. The first-order valence-corrected chi connectivity index (χ1v) is 13.1. The molecule has 0 atom stereocenters. The first-order valence-electron chi connectivity index (χ1n) is 13.1. The van der Waals surface area contributed by atoms with Crippen LogP contribution >= 0.6 is 0 Å². The van der Waals surface area contributed by atoms with E-state index in [0.717, 1.165) is 22.3 Å². The maximum atomic E-state index is 12.9. The zero-order valence-electron chi connectivity index (χ0n) is 23.5. The Morgan fingerprint density at radius 1 is 0.600 bits per heavy atom. The molecule has 0 radical (unpaired) electrons. The number of carbonyl (C=O) groups is 2. The number of methoxy groups -OCH3 is 1. The van der Waals surface area contributed by atoms with Crippen molar-refractivity contribution in [3.8, 4) is 34.1 Å². The van der Waals surface area contributed by atoms with Crippen LogP contribution in [0.25, 0.3) is 11.1 Å². The Balaban J connectivity index is 1.33. The summed E-state index contributed by atoms with van der Waals surface area (Å²) in [5.74, 6) is 1.40. The number of hydrogen-bond donors (Lipinski definition) is 0. The van der Waals surface area contributed by atoms with Crippen LogP contribution < -0.4 is 18.9 Å². The van der Waals surface area contributed by atoms with Gasteiger partial charge >= 0.3 is 11.9 Å². The highest BCUT2D eigenvalue weighted by Gasteiger charge is 2.36. The Morgan fingerprint density at radius 3 is 1.40 bits per heavy atom. The minimum absolute atomic E-state index is 0.324. The van der Waals surface area contributed by atoms with Crippen molar-refractivity contribution in [1.29, 1.82) is 0 Å². The predicted octanol–water partition coefficient (Wildman–Crippen LogP) is 7.62. The normalized spacial score (nSPS) is 13.2. The molecule has 40 heavy (non-hydrogen) atoms. The molecule has 0 fully saturated rings. The SMILES string of the molecule is COc1ccc(C(=O)Oc2ccc3c(c2)C(C)(C)c2cc(OC(=O)c4ccc(OC(C)(C)C)cc4)ccc2-3)cc1. The van der Waals surface area contributed by atoms with Crippen LogP contribution in [0.4, 0.5) is 0 Å². The summed E-state index contributed by atoms with van der Waals surface area (Å²) in [5.41, 5.74) is 4.31. The van der Waals surface area contributed by atoms with E-state index in [2.05, 4.69) is 13.8 Å². The summed E-state index contributed by atoms with van der Waals surface area (Å²) in [5, 5.41) is 0. The molecule has 5 rings (SSSR count). The molecule has 0 aliphatic heterocycles. The maximum absolute atomic E-state index is 12.9. The smallest absolute Gasteiger partial charge is 0.343 e. The number of fused-ring (bicyclic) bond motifs is 3. The lowest BCUT2D eigenvalue weighted by Gasteiger charge is -2.22. The summed E-state index contributed by atoms with van der Waals surface area (Å²) in [6, 6.07) is 25.1. The molecule has 0 saturated carbocycles. The molecule has 0 spiro atoms. The molecular weight excluding hydrogens is 504 g/mol. The molecule has 0 saturated heterocycles. The highest BCUT2D eigenvalue weighted by Crippen LogP contribution is 2.50. The summed E-state index contributed by atoms with van der Waals surface area (Å²) in [6.07, 6.45) is 0. The number of esters is 2. The summed E-state index contributed by atoms with van der Waals surface area (Å²) in [4.78, 5) is 25.6. The molecule has 0 N–H and O–H groups in total. The molecule has 1 aliphatic rings. The number of hydrogen-bond acceptors (Lipinski definition) is 6. The van der Waals surface area contributed by atoms with Crippen LogP contribution in [0.5, 0.6) is 23.0 Å². The lowest BCUT2D eigenvalue weighted by Crippen LogP contribution is -2.22. The molecule has 0 unspecified atom stereocenters. The number of rotatable bonds is 6.